The fraction of sp³-hybridized carbons (Fsp3) is 0.231. The lowest BCUT2D eigenvalue weighted by molar-refractivity contribution is 0.0378. The third kappa shape index (κ3) is 4.09. The lowest BCUT2D eigenvalue weighted by atomic mass is 9.90. The van der Waals surface area contributed by atoms with E-state index in [1.165, 1.54) is 0 Å². The Hall–Kier alpha value is -3.52. The van der Waals surface area contributed by atoms with Crippen LogP contribution in [0.25, 0.3) is 0 Å². The van der Waals surface area contributed by atoms with Gasteiger partial charge >= 0.3 is 6.03 Å². The third-order valence-electron chi connectivity index (χ3n) is 6.19. The molecule has 0 aromatic heterocycles. The largest absolute Gasteiger partial charge is 0.497 e. The van der Waals surface area contributed by atoms with Gasteiger partial charge in [-0.15, -0.1) is 0 Å². The molecule has 0 spiro atoms. The fourth-order valence-corrected chi connectivity index (χ4v) is 4.97. The van der Waals surface area contributed by atoms with E-state index in [1.807, 2.05) is 55.5 Å². The van der Waals surface area contributed by atoms with Crippen LogP contribution < -0.4 is 25.0 Å². The van der Waals surface area contributed by atoms with E-state index in [-0.39, 0.29) is 18.0 Å². The molecule has 174 valence electrons. The number of carbonyl (C=O) groups excluding carboxylic acids is 2. The van der Waals surface area contributed by atoms with Crippen molar-refractivity contribution in [2.24, 2.45) is 0 Å². The minimum atomic E-state index is -0.885. The zero-order chi connectivity index (χ0) is 23.9. The molecule has 0 radical (unpaired) electrons. The third-order valence-corrected chi connectivity index (χ3v) is 6.68. The molecular formula is C26H24BrN3O4. The maximum Gasteiger partial charge on any atom is 0.325 e. The van der Waals surface area contributed by atoms with Gasteiger partial charge in [0.25, 0.3) is 5.91 Å². The summed E-state index contributed by atoms with van der Waals surface area (Å²) in [7, 11) is 1.61. The van der Waals surface area contributed by atoms with E-state index >= 15 is 0 Å². The summed E-state index contributed by atoms with van der Waals surface area (Å²) in [5.74, 6) is 1.24. The Morgan fingerprint density at radius 1 is 1.21 bits per heavy atom. The topological polar surface area (TPSA) is 79.9 Å². The number of carbonyl (C=O) groups is 2. The van der Waals surface area contributed by atoms with E-state index < -0.39 is 5.72 Å². The molecule has 3 amide bonds. The Labute approximate surface area is 206 Å². The lowest BCUT2D eigenvalue weighted by Crippen LogP contribution is -2.65. The van der Waals surface area contributed by atoms with Gasteiger partial charge in [0.2, 0.25) is 0 Å². The first kappa shape index (κ1) is 22.3. The van der Waals surface area contributed by atoms with Crippen LogP contribution in [0.2, 0.25) is 0 Å². The average Bonchev–Trinajstić information content (AvgIpc) is 2.83. The highest BCUT2D eigenvalue weighted by atomic mass is 79.9. The second-order valence-electron chi connectivity index (χ2n) is 8.59. The first-order valence-electron chi connectivity index (χ1n) is 11.0. The number of benzene rings is 3. The summed E-state index contributed by atoms with van der Waals surface area (Å²) in [6.45, 7) is 2.26. The van der Waals surface area contributed by atoms with Crippen LogP contribution in [-0.4, -0.2) is 24.8 Å². The first-order valence-corrected chi connectivity index (χ1v) is 11.8. The summed E-state index contributed by atoms with van der Waals surface area (Å²) in [5.41, 5.74) is 2.04. The van der Waals surface area contributed by atoms with Gasteiger partial charge in [0.05, 0.1) is 18.8 Å². The number of urea groups is 1. The Bertz CT molecular complexity index is 1280. The SMILES string of the molecule is COc1cccc(CNC(=O)c2cccc(N3C(=O)N[C@@H]4C[C@@]3(C)Oc3ccc(Br)cc34)c2)c1. The standard InChI is InChI=1S/C26H24BrN3O4/c1-26-14-22(21-13-18(27)9-10-23(21)34-26)29-25(32)30(26)19-7-4-6-17(12-19)24(31)28-15-16-5-3-8-20(11-16)33-2/h3-13,22H,14-15H2,1-2H3,(H,28,31)(H,29,32)/t22-,26-/m1/s1. The summed E-state index contributed by atoms with van der Waals surface area (Å²) < 4.78 is 12.5. The zero-order valence-corrected chi connectivity index (χ0v) is 20.4. The van der Waals surface area contributed by atoms with Gasteiger partial charge in [-0.05, 0) is 61.0 Å². The van der Waals surface area contributed by atoms with Crippen LogP contribution in [0.4, 0.5) is 10.5 Å². The van der Waals surface area contributed by atoms with Crippen LogP contribution >= 0.6 is 15.9 Å². The van der Waals surface area contributed by atoms with Gasteiger partial charge in [-0.1, -0.05) is 34.1 Å². The number of nitrogens with zero attached hydrogens (tertiary/aromatic N) is 1. The molecule has 0 unspecified atom stereocenters. The maximum atomic E-state index is 13.2. The van der Waals surface area contributed by atoms with Crippen molar-refractivity contribution in [3.05, 3.63) is 87.9 Å². The molecular weight excluding hydrogens is 498 g/mol. The highest BCUT2D eigenvalue weighted by molar-refractivity contribution is 9.10. The summed E-state index contributed by atoms with van der Waals surface area (Å²) >= 11 is 3.49. The van der Waals surface area contributed by atoms with Crippen molar-refractivity contribution in [3.8, 4) is 11.5 Å². The van der Waals surface area contributed by atoms with Crippen LogP contribution in [0.3, 0.4) is 0 Å². The zero-order valence-electron chi connectivity index (χ0n) is 18.8. The number of hydrogen-bond donors (Lipinski definition) is 2. The van der Waals surface area contributed by atoms with Crippen LogP contribution in [0.5, 0.6) is 11.5 Å². The number of anilines is 1. The molecule has 8 heteroatoms. The predicted octanol–water partition coefficient (Wildman–Crippen LogP) is 5.16. The highest BCUT2D eigenvalue weighted by Crippen LogP contribution is 2.46. The van der Waals surface area contributed by atoms with E-state index in [2.05, 4.69) is 26.6 Å². The second kappa shape index (κ2) is 8.68. The van der Waals surface area contributed by atoms with E-state index in [9.17, 15) is 9.59 Å². The van der Waals surface area contributed by atoms with Gasteiger partial charge in [-0.2, -0.15) is 0 Å². The number of hydrogen-bond acceptors (Lipinski definition) is 4. The van der Waals surface area contributed by atoms with Crippen LogP contribution in [0.15, 0.2) is 71.2 Å². The van der Waals surface area contributed by atoms with Gasteiger partial charge in [-0.3, -0.25) is 9.69 Å². The highest BCUT2D eigenvalue weighted by Gasteiger charge is 2.49. The van der Waals surface area contributed by atoms with Crippen molar-refractivity contribution < 1.29 is 19.1 Å². The normalized spacial score (nSPS) is 20.6. The Balaban J connectivity index is 1.38. The summed E-state index contributed by atoms with van der Waals surface area (Å²) in [4.78, 5) is 27.6. The minimum absolute atomic E-state index is 0.149. The quantitative estimate of drug-likeness (QED) is 0.486. The lowest BCUT2D eigenvalue weighted by Gasteiger charge is -2.50. The molecule has 3 aromatic rings. The number of rotatable bonds is 5. The average molecular weight is 522 g/mol. The van der Waals surface area contributed by atoms with Crippen molar-refractivity contribution in [2.45, 2.75) is 31.7 Å². The Morgan fingerprint density at radius 3 is 2.85 bits per heavy atom. The summed E-state index contributed by atoms with van der Waals surface area (Å²) in [5, 5.41) is 6.01. The van der Waals surface area contributed by atoms with Crippen LogP contribution in [-0.2, 0) is 6.54 Å². The molecule has 34 heavy (non-hydrogen) atoms. The van der Waals surface area contributed by atoms with E-state index in [1.54, 1.807) is 30.2 Å². The van der Waals surface area contributed by atoms with Gasteiger partial charge in [0.15, 0.2) is 5.72 Å². The Morgan fingerprint density at radius 2 is 2.03 bits per heavy atom. The summed E-state index contributed by atoms with van der Waals surface area (Å²) in [6.07, 6.45) is 0.578. The van der Waals surface area contributed by atoms with Crippen molar-refractivity contribution in [3.63, 3.8) is 0 Å². The maximum absolute atomic E-state index is 13.2. The number of nitrogens with one attached hydrogen (secondary N) is 2. The molecule has 0 aliphatic carbocycles. The first-order chi connectivity index (χ1) is 16.4. The molecule has 2 aliphatic heterocycles. The molecule has 2 bridgehead atoms. The molecule has 1 saturated heterocycles. The van der Waals surface area contributed by atoms with Crippen molar-refractivity contribution >= 4 is 33.6 Å². The van der Waals surface area contributed by atoms with Crippen LogP contribution in [0.1, 0.15) is 40.9 Å². The molecule has 0 saturated carbocycles. The van der Waals surface area contributed by atoms with Crippen molar-refractivity contribution in [1.29, 1.82) is 0 Å². The molecule has 2 N–H and O–H groups in total. The number of amides is 3. The Kier molecular flexibility index (Phi) is 5.69. The molecule has 1 fully saturated rings. The van der Waals surface area contributed by atoms with Gasteiger partial charge < -0.3 is 20.1 Å². The molecule has 2 aliphatic rings. The van der Waals surface area contributed by atoms with Crippen molar-refractivity contribution in [2.75, 3.05) is 12.0 Å². The molecule has 2 atom stereocenters. The van der Waals surface area contributed by atoms with Gasteiger partial charge in [0.1, 0.15) is 11.5 Å². The fourth-order valence-electron chi connectivity index (χ4n) is 4.59. The van der Waals surface area contributed by atoms with E-state index in [4.69, 9.17) is 9.47 Å². The van der Waals surface area contributed by atoms with Gasteiger partial charge in [0, 0.05) is 28.6 Å². The number of fused-ring (bicyclic) bond motifs is 4. The monoisotopic (exact) mass is 521 g/mol. The molecule has 7 nitrogen and oxygen atoms in total. The number of methoxy groups -OCH3 is 1. The predicted molar refractivity (Wildman–Crippen MR) is 132 cm³/mol. The number of halogens is 1. The van der Waals surface area contributed by atoms with Gasteiger partial charge in [-0.25, -0.2) is 4.79 Å². The molecule has 5 rings (SSSR count). The smallest absolute Gasteiger partial charge is 0.325 e. The van der Waals surface area contributed by atoms with E-state index in [0.29, 0.717) is 24.2 Å². The summed E-state index contributed by atoms with van der Waals surface area (Å²) in [6, 6.07) is 19.9. The minimum Gasteiger partial charge on any atom is -0.497 e. The second-order valence-corrected chi connectivity index (χ2v) is 9.50. The van der Waals surface area contributed by atoms with Crippen molar-refractivity contribution in [1.82, 2.24) is 10.6 Å². The molecule has 3 aromatic carbocycles. The van der Waals surface area contributed by atoms with E-state index in [0.717, 1.165) is 27.1 Å². The van der Waals surface area contributed by atoms with Crippen LogP contribution in [0, 0.1) is 0 Å². The molecule has 2 heterocycles. The number of ether oxygens (including phenoxy) is 2.